The minimum atomic E-state index is 0.414. The topological polar surface area (TPSA) is 41.6 Å². The van der Waals surface area contributed by atoms with E-state index in [4.69, 9.17) is 5.26 Å². The third kappa shape index (κ3) is 1.96. The van der Waals surface area contributed by atoms with Gasteiger partial charge in [-0.3, -0.25) is 0 Å². The maximum absolute atomic E-state index is 8.68. The molecule has 2 aromatic rings. The van der Waals surface area contributed by atoms with Crippen LogP contribution in [0.3, 0.4) is 0 Å². The third-order valence-electron chi connectivity index (χ3n) is 2.54. The highest BCUT2D eigenvalue weighted by atomic mass is 15.3. The lowest BCUT2D eigenvalue weighted by atomic mass is 10.2. The molecule has 0 bridgehead atoms. The first-order chi connectivity index (χ1) is 7.70. The van der Waals surface area contributed by atoms with Crippen LogP contribution in [0.1, 0.15) is 16.8 Å². The molecule has 3 nitrogen and oxygen atoms in total. The fraction of sp³-hybridized carbons (Fsp3) is 0.231. The number of hydrogen-bond acceptors (Lipinski definition) is 2. The minimum absolute atomic E-state index is 0.414. The average Bonchev–Trinajstić information content (AvgIpc) is 2.61. The Labute approximate surface area is 94.9 Å². The lowest BCUT2D eigenvalue weighted by Gasteiger charge is -2.01. The number of rotatable bonds is 2. The lowest BCUT2D eigenvalue weighted by molar-refractivity contribution is 0.861. The molecule has 0 aliphatic carbocycles. The van der Waals surface area contributed by atoms with Crippen molar-refractivity contribution in [1.29, 1.82) is 5.26 Å². The molecule has 0 atom stereocenters. The predicted molar refractivity (Wildman–Crippen MR) is 62.4 cm³/mol. The van der Waals surface area contributed by atoms with Gasteiger partial charge in [-0.05, 0) is 31.5 Å². The zero-order valence-corrected chi connectivity index (χ0v) is 9.44. The Morgan fingerprint density at radius 2 is 2.19 bits per heavy atom. The maximum atomic E-state index is 8.68. The molecular weight excluding hydrogens is 198 g/mol. The maximum Gasteiger partial charge on any atom is 0.0671 e. The summed E-state index contributed by atoms with van der Waals surface area (Å²) in [5, 5.41) is 13.1. The van der Waals surface area contributed by atoms with Crippen LogP contribution in [0.4, 0.5) is 0 Å². The minimum Gasteiger partial charge on any atom is -0.240 e. The first-order valence-corrected chi connectivity index (χ1v) is 5.20. The summed E-state index contributed by atoms with van der Waals surface area (Å²) in [7, 11) is 0. The van der Waals surface area contributed by atoms with Crippen molar-refractivity contribution in [3.05, 3.63) is 47.3 Å². The van der Waals surface area contributed by atoms with Gasteiger partial charge in [0.05, 0.1) is 23.9 Å². The summed E-state index contributed by atoms with van der Waals surface area (Å²) < 4.78 is 1.83. The van der Waals surface area contributed by atoms with Gasteiger partial charge in [-0.25, -0.2) is 4.68 Å². The number of benzene rings is 1. The molecule has 0 N–H and O–H groups in total. The molecule has 0 aliphatic rings. The summed E-state index contributed by atoms with van der Waals surface area (Å²) >= 11 is 0. The van der Waals surface area contributed by atoms with Crippen molar-refractivity contribution in [2.45, 2.75) is 20.3 Å². The number of hydrogen-bond donors (Lipinski definition) is 0. The van der Waals surface area contributed by atoms with Crippen molar-refractivity contribution in [2.75, 3.05) is 0 Å². The quantitative estimate of drug-likeness (QED) is 0.766. The van der Waals surface area contributed by atoms with Crippen molar-refractivity contribution >= 4 is 0 Å². The van der Waals surface area contributed by atoms with Crippen molar-refractivity contribution in [3.63, 3.8) is 0 Å². The predicted octanol–water partition coefficient (Wildman–Crippen LogP) is 2.56. The van der Waals surface area contributed by atoms with Gasteiger partial charge in [-0.2, -0.15) is 10.4 Å². The molecular formula is C13H13N3. The van der Waals surface area contributed by atoms with Gasteiger partial charge in [-0.1, -0.05) is 12.1 Å². The van der Waals surface area contributed by atoms with Gasteiger partial charge < -0.3 is 0 Å². The third-order valence-corrected chi connectivity index (χ3v) is 2.54. The van der Waals surface area contributed by atoms with E-state index in [1.54, 1.807) is 0 Å². The molecule has 0 saturated carbocycles. The van der Waals surface area contributed by atoms with E-state index in [9.17, 15) is 0 Å². The van der Waals surface area contributed by atoms with Crippen LogP contribution in [0.2, 0.25) is 0 Å². The van der Waals surface area contributed by atoms with Crippen LogP contribution >= 0.6 is 0 Å². The molecule has 2 rings (SSSR count). The molecule has 1 heterocycles. The Bertz CT molecular complexity index is 547. The van der Waals surface area contributed by atoms with Crippen LogP contribution in [0.25, 0.3) is 5.69 Å². The Morgan fingerprint density at radius 1 is 1.38 bits per heavy atom. The van der Waals surface area contributed by atoms with Gasteiger partial charge in [0.1, 0.15) is 0 Å². The van der Waals surface area contributed by atoms with Crippen molar-refractivity contribution in [2.24, 2.45) is 0 Å². The lowest BCUT2D eigenvalue weighted by Crippen LogP contribution is -1.94. The van der Waals surface area contributed by atoms with Crippen LogP contribution in [-0.2, 0) is 6.42 Å². The zero-order valence-electron chi connectivity index (χ0n) is 9.44. The van der Waals surface area contributed by atoms with E-state index in [-0.39, 0.29) is 0 Å². The Balaban J connectivity index is 2.42. The molecule has 1 aromatic heterocycles. The molecule has 0 aliphatic heterocycles. The summed E-state index contributed by atoms with van der Waals surface area (Å²) in [6, 6.07) is 10.3. The summed E-state index contributed by atoms with van der Waals surface area (Å²) in [6.45, 7) is 3.98. The Hall–Kier alpha value is -2.08. The summed E-state index contributed by atoms with van der Waals surface area (Å²) in [5.74, 6) is 0. The average molecular weight is 211 g/mol. The first kappa shape index (κ1) is 10.4. The van der Waals surface area contributed by atoms with Crippen LogP contribution < -0.4 is 0 Å². The fourth-order valence-electron chi connectivity index (χ4n) is 1.66. The highest BCUT2D eigenvalue weighted by molar-refractivity contribution is 5.36. The smallest absolute Gasteiger partial charge is 0.0671 e. The van der Waals surface area contributed by atoms with E-state index in [0.29, 0.717) is 6.42 Å². The molecule has 1 aromatic carbocycles. The number of aryl methyl sites for hydroxylation is 2. The molecule has 80 valence electrons. The number of aromatic nitrogens is 2. The standard InChI is InChI=1S/C13H13N3/c1-10-4-3-5-13(8-10)16-9-12(6-7-14)11(2)15-16/h3-5,8-9H,6H2,1-2H3. The summed E-state index contributed by atoms with van der Waals surface area (Å²) in [6.07, 6.45) is 2.34. The van der Waals surface area contributed by atoms with Gasteiger partial charge >= 0.3 is 0 Å². The van der Waals surface area contributed by atoms with E-state index in [2.05, 4.69) is 30.2 Å². The van der Waals surface area contributed by atoms with E-state index in [1.165, 1.54) is 5.56 Å². The van der Waals surface area contributed by atoms with Gasteiger partial charge in [0.15, 0.2) is 0 Å². The van der Waals surface area contributed by atoms with Crippen LogP contribution in [0.15, 0.2) is 30.5 Å². The van der Waals surface area contributed by atoms with E-state index < -0.39 is 0 Å². The van der Waals surface area contributed by atoms with Gasteiger partial charge in [0.25, 0.3) is 0 Å². The molecule has 0 radical (unpaired) electrons. The molecule has 0 saturated heterocycles. The molecule has 0 unspecified atom stereocenters. The normalized spacial score (nSPS) is 10.1. The highest BCUT2D eigenvalue weighted by Crippen LogP contribution is 2.13. The van der Waals surface area contributed by atoms with Crippen LogP contribution in [0, 0.1) is 25.2 Å². The van der Waals surface area contributed by atoms with Crippen LogP contribution in [-0.4, -0.2) is 9.78 Å². The van der Waals surface area contributed by atoms with E-state index >= 15 is 0 Å². The number of nitriles is 1. The first-order valence-electron chi connectivity index (χ1n) is 5.20. The summed E-state index contributed by atoms with van der Waals surface area (Å²) in [4.78, 5) is 0. The van der Waals surface area contributed by atoms with Crippen molar-refractivity contribution in [3.8, 4) is 11.8 Å². The molecule has 0 fully saturated rings. The van der Waals surface area contributed by atoms with Gasteiger partial charge in [0.2, 0.25) is 0 Å². The van der Waals surface area contributed by atoms with Gasteiger partial charge in [0, 0.05) is 11.8 Å². The Kier molecular flexibility index (Phi) is 2.74. The molecule has 0 amide bonds. The number of nitrogens with zero attached hydrogens (tertiary/aromatic N) is 3. The largest absolute Gasteiger partial charge is 0.240 e. The van der Waals surface area contributed by atoms with E-state index in [0.717, 1.165) is 16.9 Å². The second-order valence-electron chi connectivity index (χ2n) is 3.86. The second-order valence-corrected chi connectivity index (χ2v) is 3.86. The fourth-order valence-corrected chi connectivity index (χ4v) is 1.66. The van der Waals surface area contributed by atoms with Gasteiger partial charge in [-0.15, -0.1) is 0 Å². The van der Waals surface area contributed by atoms with Crippen molar-refractivity contribution < 1.29 is 0 Å². The van der Waals surface area contributed by atoms with Crippen LogP contribution in [0.5, 0.6) is 0 Å². The highest BCUT2D eigenvalue weighted by Gasteiger charge is 2.05. The zero-order chi connectivity index (χ0) is 11.5. The van der Waals surface area contributed by atoms with E-state index in [1.807, 2.05) is 29.9 Å². The molecule has 3 heteroatoms. The second kappa shape index (κ2) is 4.19. The Morgan fingerprint density at radius 3 is 2.88 bits per heavy atom. The SMILES string of the molecule is Cc1cccc(-n2cc(CC#N)c(C)n2)c1. The van der Waals surface area contributed by atoms with Crippen molar-refractivity contribution in [1.82, 2.24) is 9.78 Å². The molecule has 0 spiro atoms. The monoisotopic (exact) mass is 211 g/mol. The molecule has 16 heavy (non-hydrogen) atoms. The summed E-state index contributed by atoms with van der Waals surface area (Å²) in [5.41, 5.74) is 4.15.